The van der Waals surface area contributed by atoms with Gasteiger partial charge in [-0.2, -0.15) is 0 Å². The summed E-state index contributed by atoms with van der Waals surface area (Å²) in [4.78, 5) is 12.9. The van der Waals surface area contributed by atoms with E-state index in [1.54, 1.807) is 30.5 Å². The SMILES string of the molecule is COc1cc(O)c(C(=O)C=Cc2ccc3occc3c2)cc1C1OC(CO)C(O)C(O)C1O. The molecule has 2 heterocycles. The third-order valence-electron chi connectivity index (χ3n) is 5.72. The molecule has 9 nitrogen and oxygen atoms in total. The summed E-state index contributed by atoms with van der Waals surface area (Å²) in [5, 5.41) is 51.4. The van der Waals surface area contributed by atoms with Crippen LogP contribution in [0.2, 0.25) is 0 Å². The van der Waals surface area contributed by atoms with Crippen LogP contribution in [0.25, 0.3) is 17.0 Å². The molecule has 0 amide bonds. The molecule has 5 atom stereocenters. The lowest BCUT2D eigenvalue weighted by atomic mass is 9.89. The number of rotatable bonds is 6. The van der Waals surface area contributed by atoms with Crippen LogP contribution in [0.15, 0.2) is 53.2 Å². The Labute approximate surface area is 188 Å². The number of phenols is 1. The second-order valence-electron chi connectivity index (χ2n) is 7.78. The maximum atomic E-state index is 12.9. The van der Waals surface area contributed by atoms with Gasteiger partial charge in [0.25, 0.3) is 0 Å². The van der Waals surface area contributed by atoms with Crippen LogP contribution in [0.1, 0.15) is 27.6 Å². The summed E-state index contributed by atoms with van der Waals surface area (Å²) in [5.41, 5.74) is 1.56. The molecule has 1 aromatic heterocycles. The molecule has 33 heavy (non-hydrogen) atoms. The Hall–Kier alpha value is -3.21. The topological polar surface area (TPSA) is 150 Å². The van der Waals surface area contributed by atoms with Gasteiger partial charge in [0, 0.05) is 17.0 Å². The lowest BCUT2D eigenvalue weighted by Crippen LogP contribution is -2.55. The van der Waals surface area contributed by atoms with E-state index >= 15 is 0 Å². The number of allylic oxidation sites excluding steroid dienone is 1. The molecular formula is C24H24O9. The Kier molecular flexibility index (Phi) is 6.50. The number of methoxy groups -OCH3 is 1. The van der Waals surface area contributed by atoms with E-state index in [9.17, 15) is 30.3 Å². The Morgan fingerprint density at radius 2 is 1.88 bits per heavy atom. The van der Waals surface area contributed by atoms with Gasteiger partial charge in [-0.05, 0) is 35.9 Å². The quantitative estimate of drug-likeness (QED) is 0.275. The van der Waals surface area contributed by atoms with Gasteiger partial charge in [0.05, 0.1) is 25.5 Å². The van der Waals surface area contributed by atoms with Gasteiger partial charge in [0.1, 0.15) is 47.6 Å². The number of ether oxygens (including phenoxy) is 2. The highest BCUT2D eigenvalue weighted by Crippen LogP contribution is 2.40. The van der Waals surface area contributed by atoms with Crippen LogP contribution < -0.4 is 4.74 Å². The average Bonchev–Trinajstić information content (AvgIpc) is 3.29. The van der Waals surface area contributed by atoms with Crippen LogP contribution in [0.5, 0.6) is 11.5 Å². The third kappa shape index (κ3) is 4.37. The normalized spacial score (nSPS) is 25.5. The number of benzene rings is 2. The Balaban J connectivity index is 1.66. The second kappa shape index (κ2) is 9.34. The van der Waals surface area contributed by atoms with Crippen molar-refractivity contribution >= 4 is 22.8 Å². The fourth-order valence-electron chi connectivity index (χ4n) is 3.89. The van der Waals surface area contributed by atoms with Gasteiger partial charge < -0.3 is 39.4 Å². The third-order valence-corrected chi connectivity index (χ3v) is 5.72. The monoisotopic (exact) mass is 456 g/mol. The van der Waals surface area contributed by atoms with Crippen molar-refractivity contribution in [1.29, 1.82) is 0 Å². The molecular weight excluding hydrogens is 432 g/mol. The molecule has 0 aliphatic carbocycles. The zero-order chi connectivity index (χ0) is 23.7. The van der Waals surface area contributed by atoms with Crippen molar-refractivity contribution < 1.29 is 44.2 Å². The van der Waals surface area contributed by atoms with E-state index in [1.807, 2.05) is 6.07 Å². The number of furan rings is 1. The molecule has 3 aromatic rings. The molecule has 1 aliphatic rings. The van der Waals surface area contributed by atoms with Crippen LogP contribution in [0.4, 0.5) is 0 Å². The first kappa shape index (κ1) is 23.0. The predicted octanol–water partition coefficient (Wildman–Crippen LogP) is 1.56. The smallest absolute Gasteiger partial charge is 0.189 e. The van der Waals surface area contributed by atoms with E-state index in [0.717, 1.165) is 16.5 Å². The molecule has 174 valence electrons. The first-order valence-electron chi connectivity index (χ1n) is 10.2. The fourth-order valence-corrected chi connectivity index (χ4v) is 3.89. The first-order chi connectivity index (χ1) is 15.8. The highest BCUT2D eigenvalue weighted by molar-refractivity contribution is 6.09. The minimum absolute atomic E-state index is 0.0802. The molecule has 0 bridgehead atoms. The van der Waals surface area contributed by atoms with E-state index in [1.165, 1.54) is 25.3 Å². The summed E-state index contributed by atoms with van der Waals surface area (Å²) >= 11 is 0. The average molecular weight is 456 g/mol. The minimum atomic E-state index is -1.60. The van der Waals surface area contributed by atoms with E-state index < -0.39 is 42.9 Å². The van der Waals surface area contributed by atoms with Crippen molar-refractivity contribution in [2.75, 3.05) is 13.7 Å². The van der Waals surface area contributed by atoms with Crippen molar-refractivity contribution in [3.8, 4) is 11.5 Å². The summed E-state index contributed by atoms with van der Waals surface area (Å²) in [5.74, 6) is -0.767. The summed E-state index contributed by atoms with van der Waals surface area (Å²) in [6, 6.07) is 9.71. The standard InChI is InChI=1S/C24H24O9/c1-31-19-10-17(27)14(9-15(19)24-23(30)22(29)21(28)20(11-25)33-24)16(26)4-2-12-3-5-18-13(8-12)6-7-32-18/h2-10,20-25,27-30H,11H2,1H3. The van der Waals surface area contributed by atoms with Crippen molar-refractivity contribution in [3.63, 3.8) is 0 Å². The summed E-state index contributed by atoms with van der Waals surface area (Å²) in [6.07, 6.45) is -2.61. The second-order valence-corrected chi connectivity index (χ2v) is 7.78. The number of ketones is 1. The van der Waals surface area contributed by atoms with Crippen molar-refractivity contribution in [2.45, 2.75) is 30.5 Å². The number of carbonyl (C=O) groups is 1. The number of hydrogen-bond donors (Lipinski definition) is 5. The lowest BCUT2D eigenvalue weighted by molar-refractivity contribution is -0.232. The minimum Gasteiger partial charge on any atom is -0.507 e. The molecule has 0 spiro atoms. The number of carbonyl (C=O) groups excluding carboxylic acids is 1. The molecule has 2 aromatic carbocycles. The Bertz CT molecular complexity index is 1180. The van der Waals surface area contributed by atoms with E-state index in [-0.39, 0.29) is 22.6 Å². The summed E-state index contributed by atoms with van der Waals surface area (Å²) < 4.78 is 16.1. The van der Waals surface area contributed by atoms with Crippen molar-refractivity contribution in [3.05, 3.63) is 65.4 Å². The largest absolute Gasteiger partial charge is 0.507 e. The summed E-state index contributed by atoms with van der Waals surface area (Å²) in [7, 11) is 1.33. The number of aliphatic hydroxyl groups excluding tert-OH is 4. The number of aliphatic hydroxyl groups is 4. The van der Waals surface area contributed by atoms with Gasteiger partial charge >= 0.3 is 0 Å². The van der Waals surface area contributed by atoms with Gasteiger partial charge in [-0.25, -0.2) is 0 Å². The lowest BCUT2D eigenvalue weighted by Gasteiger charge is -2.40. The number of aromatic hydroxyl groups is 1. The van der Waals surface area contributed by atoms with Crippen molar-refractivity contribution in [1.82, 2.24) is 0 Å². The highest BCUT2D eigenvalue weighted by atomic mass is 16.5. The van der Waals surface area contributed by atoms with Gasteiger partial charge in [0.15, 0.2) is 5.78 Å². The first-order valence-corrected chi connectivity index (χ1v) is 10.2. The van der Waals surface area contributed by atoms with Gasteiger partial charge in [-0.15, -0.1) is 0 Å². The molecule has 1 saturated heterocycles. The van der Waals surface area contributed by atoms with E-state index in [2.05, 4.69) is 0 Å². The number of hydrogen-bond acceptors (Lipinski definition) is 9. The molecule has 1 aliphatic heterocycles. The van der Waals surface area contributed by atoms with Crippen LogP contribution >= 0.6 is 0 Å². The fraction of sp³-hybridized carbons (Fsp3) is 0.292. The van der Waals surface area contributed by atoms with Gasteiger partial charge in [0.2, 0.25) is 0 Å². The van der Waals surface area contributed by atoms with E-state index in [0.29, 0.717) is 0 Å². The predicted molar refractivity (Wildman–Crippen MR) is 117 cm³/mol. The van der Waals surface area contributed by atoms with E-state index in [4.69, 9.17) is 13.9 Å². The van der Waals surface area contributed by atoms with Crippen LogP contribution in [-0.2, 0) is 4.74 Å². The number of phenolic OH excluding ortho intramolecular Hbond substituents is 1. The molecule has 9 heteroatoms. The summed E-state index contributed by atoms with van der Waals surface area (Å²) in [6.45, 7) is -0.600. The maximum Gasteiger partial charge on any atom is 0.189 e. The molecule has 0 radical (unpaired) electrons. The van der Waals surface area contributed by atoms with Crippen molar-refractivity contribution in [2.24, 2.45) is 0 Å². The zero-order valence-electron chi connectivity index (χ0n) is 17.7. The molecule has 0 saturated carbocycles. The Morgan fingerprint density at radius 3 is 2.61 bits per heavy atom. The van der Waals surface area contributed by atoms with Gasteiger partial charge in [-0.3, -0.25) is 4.79 Å². The molecule has 5 unspecified atom stereocenters. The highest BCUT2D eigenvalue weighted by Gasteiger charge is 2.45. The molecule has 1 fully saturated rings. The van der Waals surface area contributed by atoms with Crippen LogP contribution in [0.3, 0.4) is 0 Å². The molecule has 5 N–H and O–H groups in total. The Morgan fingerprint density at radius 1 is 1.09 bits per heavy atom. The number of fused-ring (bicyclic) bond motifs is 1. The van der Waals surface area contributed by atoms with Crippen LogP contribution in [-0.4, -0.2) is 69.4 Å². The zero-order valence-corrected chi connectivity index (χ0v) is 17.7. The molecule has 4 rings (SSSR count). The van der Waals surface area contributed by atoms with Gasteiger partial charge in [-0.1, -0.05) is 12.1 Å². The maximum absolute atomic E-state index is 12.9. The van der Waals surface area contributed by atoms with Crippen LogP contribution in [0, 0.1) is 0 Å².